The highest BCUT2D eigenvalue weighted by Gasteiger charge is 2.34. The van der Waals surface area contributed by atoms with Crippen molar-refractivity contribution in [1.29, 1.82) is 0 Å². The molecule has 0 saturated heterocycles. The minimum absolute atomic E-state index is 0.00531. The summed E-state index contributed by atoms with van der Waals surface area (Å²) in [6.07, 6.45) is 6.26. The summed E-state index contributed by atoms with van der Waals surface area (Å²) in [4.78, 5) is 41.4. The topological polar surface area (TPSA) is 87.7 Å². The number of aryl methyl sites for hydroxylation is 1. The van der Waals surface area contributed by atoms with Crippen LogP contribution in [0.5, 0.6) is 0 Å². The van der Waals surface area contributed by atoms with E-state index in [1.807, 2.05) is 38.1 Å². The quantitative estimate of drug-likeness (QED) is 0.302. The summed E-state index contributed by atoms with van der Waals surface area (Å²) < 4.78 is 5.35. The third-order valence-electron chi connectivity index (χ3n) is 5.95. The Kier molecular flexibility index (Phi) is 13.6. The lowest BCUT2D eigenvalue weighted by Gasteiger charge is -2.34. The van der Waals surface area contributed by atoms with Gasteiger partial charge in [0.1, 0.15) is 17.7 Å². The average molecular weight is 504 g/mol. The van der Waals surface area contributed by atoms with Crippen LogP contribution in [0.3, 0.4) is 0 Å². The summed E-state index contributed by atoms with van der Waals surface area (Å²) in [7, 11) is 0. The maximum Gasteiger partial charge on any atom is 0.408 e. The van der Waals surface area contributed by atoms with E-state index in [1.165, 1.54) is 0 Å². The first-order valence-electron chi connectivity index (χ1n) is 13.6. The van der Waals surface area contributed by atoms with Crippen LogP contribution >= 0.6 is 0 Å². The number of rotatable bonds is 14. The monoisotopic (exact) mass is 503 g/mol. The fourth-order valence-corrected chi connectivity index (χ4v) is 4.10. The van der Waals surface area contributed by atoms with Gasteiger partial charge >= 0.3 is 6.09 Å². The van der Waals surface area contributed by atoms with Crippen molar-refractivity contribution in [3.05, 3.63) is 35.4 Å². The minimum atomic E-state index is -0.843. The van der Waals surface area contributed by atoms with Gasteiger partial charge in [0.25, 0.3) is 0 Å². The molecule has 204 valence electrons. The van der Waals surface area contributed by atoms with Gasteiger partial charge in [-0.1, -0.05) is 75.8 Å². The molecule has 0 radical (unpaired) electrons. The van der Waals surface area contributed by atoms with Crippen molar-refractivity contribution in [2.24, 2.45) is 0 Å². The Morgan fingerprint density at radius 1 is 0.917 bits per heavy atom. The van der Waals surface area contributed by atoms with Gasteiger partial charge in [-0.15, -0.1) is 0 Å². The van der Waals surface area contributed by atoms with Gasteiger partial charge in [0, 0.05) is 12.6 Å². The summed E-state index contributed by atoms with van der Waals surface area (Å²) >= 11 is 0. The standard InChI is InChI=1S/C29H49N3O4/c1-9-11-12-13-14-20-32(27(34)23(5)31-28(35)36-29(6,7)8)25(24-18-16-21(3)17-19-24)26(33)30-22(4)15-10-2/h16-19,22-23,25H,9-15,20H2,1-8H3,(H,30,33)(H,31,35). The number of benzene rings is 1. The highest BCUT2D eigenvalue weighted by atomic mass is 16.6. The Morgan fingerprint density at radius 3 is 2.08 bits per heavy atom. The molecule has 0 aliphatic heterocycles. The second kappa shape index (κ2) is 15.5. The highest BCUT2D eigenvalue weighted by Crippen LogP contribution is 2.24. The molecular weight excluding hydrogens is 454 g/mol. The molecule has 0 bridgehead atoms. The van der Waals surface area contributed by atoms with E-state index in [9.17, 15) is 14.4 Å². The van der Waals surface area contributed by atoms with Crippen LogP contribution in [0.1, 0.15) is 111 Å². The van der Waals surface area contributed by atoms with Crippen molar-refractivity contribution in [3.63, 3.8) is 0 Å². The van der Waals surface area contributed by atoms with Gasteiger partial charge in [-0.3, -0.25) is 9.59 Å². The van der Waals surface area contributed by atoms with Crippen LogP contribution in [0.2, 0.25) is 0 Å². The van der Waals surface area contributed by atoms with Crippen molar-refractivity contribution in [2.75, 3.05) is 6.54 Å². The molecule has 0 heterocycles. The average Bonchev–Trinajstić information content (AvgIpc) is 2.77. The molecule has 0 aromatic heterocycles. The summed E-state index contributed by atoms with van der Waals surface area (Å²) in [5.41, 5.74) is 1.16. The summed E-state index contributed by atoms with van der Waals surface area (Å²) in [6, 6.07) is 6.10. The first-order valence-corrected chi connectivity index (χ1v) is 13.6. The van der Waals surface area contributed by atoms with Crippen molar-refractivity contribution in [1.82, 2.24) is 15.5 Å². The lowest BCUT2D eigenvalue weighted by molar-refractivity contribution is -0.142. The van der Waals surface area contributed by atoms with Gasteiger partial charge in [0.15, 0.2) is 0 Å². The van der Waals surface area contributed by atoms with Crippen LogP contribution in [0, 0.1) is 6.92 Å². The van der Waals surface area contributed by atoms with E-state index >= 15 is 0 Å². The predicted octanol–water partition coefficient (Wildman–Crippen LogP) is 6.05. The second-order valence-corrected chi connectivity index (χ2v) is 10.8. The summed E-state index contributed by atoms with van der Waals surface area (Å²) in [5, 5.41) is 5.76. The summed E-state index contributed by atoms with van der Waals surface area (Å²) in [5.74, 6) is -0.508. The molecule has 0 aliphatic rings. The first kappa shape index (κ1) is 31.5. The van der Waals surface area contributed by atoms with Gasteiger partial charge in [-0.2, -0.15) is 0 Å². The molecule has 3 atom stereocenters. The number of hydrogen-bond donors (Lipinski definition) is 2. The van der Waals surface area contributed by atoms with Crippen LogP contribution in [0.4, 0.5) is 4.79 Å². The number of amides is 3. The number of carbonyl (C=O) groups excluding carboxylic acids is 3. The smallest absolute Gasteiger partial charge is 0.408 e. The minimum Gasteiger partial charge on any atom is -0.444 e. The normalized spacial score (nSPS) is 13.9. The molecule has 0 fully saturated rings. The largest absolute Gasteiger partial charge is 0.444 e. The molecule has 7 nitrogen and oxygen atoms in total. The van der Waals surface area contributed by atoms with E-state index < -0.39 is 23.8 Å². The maximum absolute atomic E-state index is 13.7. The third-order valence-corrected chi connectivity index (χ3v) is 5.95. The molecule has 1 aromatic rings. The SMILES string of the molecule is CCCCCCCN(C(=O)C(C)NC(=O)OC(C)(C)C)C(C(=O)NC(C)CCC)c1ccc(C)cc1. The number of ether oxygens (including phenoxy) is 1. The van der Waals surface area contributed by atoms with E-state index in [0.717, 1.165) is 56.1 Å². The van der Waals surface area contributed by atoms with E-state index in [1.54, 1.807) is 32.6 Å². The van der Waals surface area contributed by atoms with Gasteiger partial charge in [0.05, 0.1) is 0 Å². The maximum atomic E-state index is 13.7. The molecular formula is C29H49N3O4. The zero-order valence-corrected chi connectivity index (χ0v) is 23.8. The van der Waals surface area contributed by atoms with Gasteiger partial charge in [-0.05, 0) is 59.9 Å². The fourth-order valence-electron chi connectivity index (χ4n) is 4.10. The number of unbranched alkanes of at least 4 members (excludes halogenated alkanes) is 4. The van der Waals surface area contributed by atoms with E-state index in [2.05, 4.69) is 24.5 Å². The number of carbonyl (C=O) groups is 3. The number of alkyl carbamates (subject to hydrolysis) is 1. The first-order chi connectivity index (χ1) is 16.9. The molecule has 0 aliphatic carbocycles. The van der Waals surface area contributed by atoms with E-state index in [4.69, 9.17) is 4.74 Å². The van der Waals surface area contributed by atoms with Crippen LogP contribution in [-0.4, -0.2) is 47.0 Å². The van der Waals surface area contributed by atoms with Crippen LogP contribution < -0.4 is 10.6 Å². The molecule has 0 spiro atoms. The summed E-state index contributed by atoms with van der Waals surface area (Å²) in [6.45, 7) is 15.6. The lowest BCUT2D eigenvalue weighted by atomic mass is 10.00. The van der Waals surface area contributed by atoms with Gasteiger partial charge < -0.3 is 20.3 Å². The van der Waals surface area contributed by atoms with Crippen molar-refractivity contribution >= 4 is 17.9 Å². The molecule has 0 saturated carbocycles. The Bertz CT molecular complexity index is 817. The Labute approximate surface area is 218 Å². The van der Waals surface area contributed by atoms with Crippen molar-refractivity contribution in [3.8, 4) is 0 Å². The van der Waals surface area contributed by atoms with Gasteiger partial charge in [0.2, 0.25) is 11.8 Å². The number of hydrogen-bond acceptors (Lipinski definition) is 4. The number of nitrogens with zero attached hydrogens (tertiary/aromatic N) is 1. The Balaban J connectivity index is 3.27. The number of nitrogens with one attached hydrogen (secondary N) is 2. The Morgan fingerprint density at radius 2 is 1.53 bits per heavy atom. The fraction of sp³-hybridized carbons (Fsp3) is 0.690. The van der Waals surface area contributed by atoms with E-state index in [-0.39, 0.29) is 17.9 Å². The highest BCUT2D eigenvalue weighted by molar-refractivity contribution is 5.92. The Hall–Kier alpha value is -2.57. The van der Waals surface area contributed by atoms with E-state index in [0.29, 0.717) is 6.54 Å². The lowest BCUT2D eigenvalue weighted by Crippen LogP contribution is -2.52. The van der Waals surface area contributed by atoms with Crippen LogP contribution in [0.15, 0.2) is 24.3 Å². The molecule has 2 N–H and O–H groups in total. The zero-order chi connectivity index (χ0) is 27.3. The van der Waals surface area contributed by atoms with Crippen LogP contribution in [0.25, 0.3) is 0 Å². The predicted molar refractivity (Wildman–Crippen MR) is 146 cm³/mol. The molecule has 36 heavy (non-hydrogen) atoms. The van der Waals surface area contributed by atoms with Crippen molar-refractivity contribution in [2.45, 2.75) is 124 Å². The van der Waals surface area contributed by atoms with Crippen LogP contribution in [-0.2, 0) is 14.3 Å². The zero-order valence-electron chi connectivity index (χ0n) is 23.8. The van der Waals surface area contributed by atoms with Crippen molar-refractivity contribution < 1.29 is 19.1 Å². The van der Waals surface area contributed by atoms with Gasteiger partial charge in [-0.25, -0.2) is 4.79 Å². The molecule has 3 amide bonds. The second-order valence-electron chi connectivity index (χ2n) is 10.8. The molecule has 1 rings (SSSR count). The molecule has 1 aromatic carbocycles. The third kappa shape index (κ3) is 11.4. The molecule has 3 unspecified atom stereocenters. The molecule has 7 heteroatoms.